The van der Waals surface area contributed by atoms with E-state index in [0.29, 0.717) is 36.3 Å². The first-order valence-electron chi connectivity index (χ1n) is 32.0. The van der Waals surface area contributed by atoms with Crippen LogP contribution in [0.3, 0.4) is 0 Å². The quantitative estimate of drug-likeness (QED) is 0.0446. The van der Waals surface area contributed by atoms with E-state index in [-0.39, 0.29) is 67.3 Å². The van der Waals surface area contributed by atoms with Gasteiger partial charge in [0.05, 0.1) is 18.0 Å². The van der Waals surface area contributed by atoms with Gasteiger partial charge in [0, 0.05) is 138 Å². The Bertz CT molecular complexity index is 3960. The Labute approximate surface area is 576 Å². The number of amides is 5. The molecule has 12 rings (SSSR count). The average Bonchev–Trinajstić information content (AvgIpc) is 1.52. The lowest BCUT2D eigenvalue weighted by Gasteiger charge is -2.36. The number of aliphatic hydroxyl groups excluding tert-OH is 1. The number of anilines is 6. The van der Waals surface area contributed by atoms with Crippen LogP contribution in [-0.2, 0) is 22.7 Å². The minimum Gasteiger partial charge on any atom is -0.392 e. The van der Waals surface area contributed by atoms with Gasteiger partial charge >= 0.3 is 0 Å². The maximum atomic E-state index is 12.4. The Morgan fingerprint density at radius 3 is 1.33 bits per heavy atom. The number of aromatic nitrogens is 2. The molecular weight excluding hydrogens is 1270 g/mol. The van der Waals surface area contributed by atoms with Crippen molar-refractivity contribution in [2.45, 2.75) is 79.1 Å². The SMILES string of the molecule is C.C=C=C=C=C=C=C=C=C=C.CCNC(=O)c1ccc(F)cc1.CCNC(=O)c1ccc(N2CCN(Cc3cnc4c(c3)NC(=O)[C@@H]3CCCN43)CC2)cc1.CCNC(=O)c1ccc(N2CCNCC2)cc1.O=C(Cl)c1ccc(F)cc1.O=C1Nc2cc(CO)cnc2N2CCC[C@@H]12. The molecule has 0 unspecified atom stereocenters. The third kappa shape index (κ3) is 22.8. The third-order valence-electron chi connectivity index (χ3n) is 15.8. The monoisotopic (exact) mass is 1350 g/mol. The van der Waals surface area contributed by atoms with Crippen molar-refractivity contribution >= 4 is 80.8 Å². The van der Waals surface area contributed by atoms with Crippen molar-refractivity contribution in [3.8, 4) is 0 Å². The number of carbonyl (C=O) groups excluding carboxylic acids is 6. The lowest BCUT2D eigenvalue weighted by Crippen LogP contribution is -2.46. The molecule has 512 valence electrons. The molecule has 4 fully saturated rings. The topological polar surface area (TPSA) is 237 Å². The molecule has 2 atom stereocenters. The van der Waals surface area contributed by atoms with E-state index in [1.165, 1.54) is 54.2 Å². The Morgan fingerprint density at radius 2 is 0.929 bits per heavy atom. The largest absolute Gasteiger partial charge is 0.392 e. The van der Waals surface area contributed by atoms with E-state index in [1.807, 2.05) is 75.5 Å². The van der Waals surface area contributed by atoms with Crippen molar-refractivity contribution in [1.29, 1.82) is 0 Å². The highest BCUT2D eigenvalue weighted by molar-refractivity contribution is 6.67. The molecule has 98 heavy (non-hydrogen) atoms. The summed E-state index contributed by atoms with van der Waals surface area (Å²) in [6, 6.07) is 30.0. The molecule has 6 aliphatic heterocycles. The summed E-state index contributed by atoms with van der Waals surface area (Å²) in [5, 5.41) is 25.9. The maximum Gasteiger partial charge on any atom is 0.252 e. The number of piperazine rings is 2. The Hall–Kier alpha value is -10.6. The van der Waals surface area contributed by atoms with Gasteiger partial charge in [-0.05, 0) is 226 Å². The number of rotatable bonds is 12. The molecule has 7 N–H and O–H groups in total. The summed E-state index contributed by atoms with van der Waals surface area (Å²) in [6.45, 7) is 24.5. The summed E-state index contributed by atoms with van der Waals surface area (Å²) in [7, 11) is 0. The highest BCUT2D eigenvalue weighted by Gasteiger charge is 2.38. The van der Waals surface area contributed by atoms with Crippen LogP contribution in [0.25, 0.3) is 0 Å². The molecule has 0 bridgehead atoms. The highest BCUT2D eigenvalue weighted by Crippen LogP contribution is 2.37. The molecule has 2 aromatic heterocycles. The first kappa shape index (κ1) is 76.4. The molecule has 0 saturated carbocycles. The standard InChI is InChI=1S/C24H30N6O2.C13H19N3O.C11H13N3O2.C10H4.C9H10FNO.C7H4ClFO.CH4/c1-2-25-23(31)18-5-7-19(8-6-18)29-12-10-28(11-13-29)16-17-14-20-22(26-15-17)30-9-3-4-21(30)24(32)27-20;1-2-15-13(17)11-3-5-12(6-4-11)16-9-7-14-8-10-16;15-6-7-4-8-10(12-5-7)14-3-1-2-9(14)11(16)13-8;1-3-5-7-9-10-8-6-4-2;1-2-11-9(12)7-3-5-8(10)6-4-7;8-7(10)5-1-3-6(9)4-2-5;/h5-8,14-15,21H,2-4,9-13,16H2,1H3,(H,25,31)(H,27,32);3-6,14H,2,7-10H2,1H3,(H,15,17);4-5,9,15H,1-3,6H2,(H,13,16);1-2H2;3-6H,2H2,1H3,(H,11,12);1-4H;1H4/t21-;;9-;;;;/m0.0..../s1. The smallest absolute Gasteiger partial charge is 0.252 e. The van der Waals surface area contributed by atoms with Gasteiger partial charge < -0.3 is 56.6 Å². The Kier molecular flexibility index (Phi) is 31.3. The van der Waals surface area contributed by atoms with Gasteiger partial charge in [0.15, 0.2) is 11.6 Å². The fraction of sp³-hybridized carbons (Fsp3) is 0.333. The molecule has 8 heterocycles. The predicted octanol–water partition coefficient (Wildman–Crippen LogP) is 9.87. The second-order valence-electron chi connectivity index (χ2n) is 22.3. The second kappa shape index (κ2) is 40.1. The van der Waals surface area contributed by atoms with Crippen molar-refractivity contribution in [1.82, 2.24) is 36.1 Å². The Morgan fingerprint density at radius 1 is 0.551 bits per heavy atom. The molecule has 6 aromatic rings. The summed E-state index contributed by atoms with van der Waals surface area (Å²) in [5.41, 5.74) is 27.4. The molecule has 20 nitrogen and oxygen atoms in total. The number of carbonyl (C=O) groups is 6. The van der Waals surface area contributed by atoms with Crippen molar-refractivity contribution < 1.29 is 42.7 Å². The van der Waals surface area contributed by atoms with Crippen LogP contribution in [0.5, 0.6) is 0 Å². The van der Waals surface area contributed by atoms with Crippen LogP contribution in [0.1, 0.15) is 106 Å². The van der Waals surface area contributed by atoms with E-state index in [4.69, 9.17) is 21.7 Å². The number of nitrogens with one attached hydrogen (secondary N) is 6. The van der Waals surface area contributed by atoms with Gasteiger partial charge in [-0.15, -0.1) is 0 Å². The molecular formula is C75H84ClF2N13O7. The summed E-state index contributed by atoms with van der Waals surface area (Å²) in [5.74, 6) is 0.985. The van der Waals surface area contributed by atoms with Crippen LogP contribution >= 0.6 is 11.6 Å². The maximum absolute atomic E-state index is 12.4. The number of benzene rings is 4. The van der Waals surface area contributed by atoms with E-state index in [2.05, 4.69) is 126 Å². The fourth-order valence-electron chi connectivity index (χ4n) is 11.0. The van der Waals surface area contributed by atoms with Gasteiger partial charge in [-0.25, -0.2) is 18.7 Å². The highest BCUT2D eigenvalue weighted by atomic mass is 35.5. The van der Waals surface area contributed by atoms with Gasteiger partial charge in [-0.1, -0.05) is 18.9 Å². The van der Waals surface area contributed by atoms with Gasteiger partial charge in [-0.3, -0.25) is 33.7 Å². The molecule has 6 aliphatic rings. The molecule has 0 aliphatic carbocycles. The summed E-state index contributed by atoms with van der Waals surface area (Å²) in [4.78, 5) is 89.6. The van der Waals surface area contributed by atoms with Crippen LogP contribution in [-0.4, -0.2) is 152 Å². The van der Waals surface area contributed by atoms with Crippen LogP contribution in [0.4, 0.5) is 43.2 Å². The third-order valence-corrected chi connectivity index (χ3v) is 16.0. The van der Waals surface area contributed by atoms with E-state index in [9.17, 15) is 37.5 Å². The minimum absolute atomic E-state index is 0. The molecule has 5 amide bonds. The number of hydrogen-bond donors (Lipinski definition) is 7. The minimum atomic E-state index is -0.569. The van der Waals surface area contributed by atoms with E-state index in [1.54, 1.807) is 12.3 Å². The normalized spacial score (nSPS) is 15.6. The van der Waals surface area contributed by atoms with E-state index < -0.39 is 5.24 Å². The van der Waals surface area contributed by atoms with Gasteiger partial charge in [0.25, 0.3) is 23.0 Å². The molecule has 0 spiro atoms. The number of pyridine rings is 2. The van der Waals surface area contributed by atoms with Gasteiger partial charge in [-0.2, -0.15) is 0 Å². The van der Waals surface area contributed by atoms with Gasteiger partial charge in [0.1, 0.15) is 23.7 Å². The lowest BCUT2D eigenvalue weighted by molar-refractivity contribution is -0.118. The zero-order valence-electron chi connectivity index (χ0n) is 54.7. The van der Waals surface area contributed by atoms with Crippen molar-refractivity contribution in [2.24, 2.45) is 0 Å². The summed E-state index contributed by atoms with van der Waals surface area (Å²) < 4.78 is 24.6. The first-order valence-corrected chi connectivity index (χ1v) is 32.4. The van der Waals surface area contributed by atoms with Crippen molar-refractivity contribution in [3.05, 3.63) is 226 Å². The van der Waals surface area contributed by atoms with Crippen molar-refractivity contribution in [2.75, 3.05) is 115 Å². The fourth-order valence-corrected chi connectivity index (χ4v) is 11.1. The lowest BCUT2D eigenvalue weighted by atomic mass is 10.1. The molecule has 0 radical (unpaired) electrons. The molecule has 4 aromatic carbocycles. The zero-order valence-corrected chi connectivity index (χ0v) is 55.5. The molecule has 23 heteroatoms. The summed E-state index contributed by atoms with van der Waals surface area (Å²) in [6.07, 6.45) is 7.49. The average molecular weight is 1350 g/mol. The van der Waals surface area contributed by atoms with Crippen molar-refractivity contribution in [3.63, 3.8) is 0 Å². The number of aliphatic hydroxyl groups is 1. The van der Waals surface area contributed by atoms with Crippen LogP contribution in [0.15, 0.2) is 181 Å². The van der Waals surface area contributed by atoms with E-state index >= 15 is 0 Å². The first-order chi connectivity index (χ1) is 47.1. The number of hydrogen-bond acceptors (Lipinski definition) is 15. The molecule has 4 saturated heterocycles. The number of fused-ring (bicyclic) bond motifs is 6. The van der Waals surface area contributed by atoms with E-state index in [0.717, 1.165) is 143 Å². The Balaban J connectivity index is 0.000000198. The second-order valence-corrected chi connectivity index (χ2v) is 22.7. The zero-order chi connectivity index (χ0) is 69.5. The predicted molar refractivity (Wildman–Crippen MR) is 381 cm³/mol. The number of nitrogens with zero attached hydrogens (tertiary/aromatic N) is 7. The van der Waals surface area contributed by atoms with Gasteiger partial charge in [0.2, 0.25) is 11.8 Å². The number of halogens is 3. The van der Waals surface area contributed by atoms with Crippen LogP contribution < -0.4 is 51.5 Å². The van der Waals surface area contributed by atoms with Crippen LogP contribution in [0, 0.1) is 11.6 Å². The summed E-state index contributed by atoms with van der Waals surface area (Å²) >= 11 is 5.09. The van der Waals surface area contributed by atoms with Crippen LogP contribution in [0.2, 0.25) is 0 Å².